The van der Waals surface area contributed by atoms with Crippen LogP contribution in [-0.2, 0) is 11.3 Å². The first-order valence-electron chi connectivity index (χ1n) is 13.1. The molecule has 4 aromatic heterocycles. The van der Waals surface area contributed by atoms with Gasteiger partial charge in [0.05, 0.1) is 13.7 Å². The second kappa shape index (κ2) is 12.0. The Hall–Kier alpha value is -2.63. The molecule has 6 rings (SSSR count). The van der Waals surface area contributed by atoms with Gasteiger partial charge in [0.2, 0.25) is 0 Å². The summed E-state index contributed by atoms with van der Waals surface area (Å²) in [7, 11) is 1.41. The second-order valence-electron chi connectivity index (χ2n) is 9.70. The minimum atomic E-state index is -0.305. The molecular formula is C27H34N6O3S2. The first-order chi connectivity index (χ1) is 18.6. The zero-order valence-corrected chi connectivity index (χ0v) is 23.7. The van der Waals surface area contributed by atoms with Crippen LogP contribution in [0.25, 0.3) is 22.1 Å². The van der Waals surface area contributed by atoms with Gasteiger partial charge < -0.3 is 19.0 Å². The summed E-state index contributed by atoms with van der Waals surface area (Å²) >= 11 is 3.06. The second-order valence-corrected chi connectivity index (χ2v) is 11.2. The molecule has 0 amide bonds. The number of hydrogen-bond donors (Lipinski definition) is 1. The molecule has 0 aliphatic heterocycles. The summed E-state index contributed by atoms with van der Waals surface area (Å²) in [5.41, 5.74) is 3.37. The largest absolute Gasteiger partial charge is 0.464 e. The van der Waals surface area contributed by atoms with Gasteiger partial charge in [-0.05, 0) is 50.3 Å². The van der Waals surface area contributed by atoms with E-state index in [-0.39, 0.29) is 12.6 Å². The molecule has 9 nitrogen and oxygen atoms in total. The van der Waals surface area contributed by atoms with E-state index in [1.807, 2.05) is 30.8 Å². The first-order valence-corrected chi connectivity index (χ1v) is 15.5. The van der Waals surface area contributed by atoms with Crippen LogP contribution in [0.1, 0.15) is 79.6 Å². The van der Waals surface area contributed by atoms with E-state index in [0.29, 0.717) is 17.8 Å². The monoisotopic (exact) mass is 554 g/mol. The van der Waals surface area contributed by atoms with E-state index in [9.17, 15) is 9.90 Å². The highest BCUT2D eigenvalue weighted by molar-refractivity contribution is 7.98. The van der Waals surface area contributed by atoms with Crippen LogP contribution in [0.15, 0.2) is 34.8 Å². The quantitative estimate of drug-likeness (QED) is 0.179. The molecule has 0 aromatic carbocycles. The Morgan fingerprint density at radius 3 is 1.89 bits per heavy atom. The normalized spacial score (nSPS) is 16.3. The van der Waals surface area contributed by atoms with Crippen LogP contribution < -0.4 is 0 Å². The number of aliphatic hydroxyl groups excluding tert-OH is 1. The third-order valence-corrected chi connectivity index (χ3v) is 8.61. The number of carbonyl (C=O) groups is 1. The zero-order valence-electron chi connectivity index (χ0n) is 22.1. The molecule has 4 aromatic rings. The van der Waals surface area contributed by atoms with E-state index in [0.717, 1.165) is 50.9 Å². The van der Waals surface area contributed by atoms with Gasteiger partial charge in [-0.3, -0.25) is 0 Å². The van der Waals surface area contributed by atoms with E-state index >= 15 is 0 Å². The predicted octanol–water partition coefficient (Wildman–Crippen LogP) is 5.82. The average molecular weight is 555 g/mol. The molecule has 2 aliphatic rings. The molecule has 202 valence electrons. The van der Waals surface area contributed by atoms with Crippen molar-refractivity contribution < 1.29 is 14.6 Å². The molecule has 4 heterocycles. The molecule has 2 fully saturated rings. The molecule has 11 heteroatoms. The minimum Gasteiger partial charge on any atom is -0.464 e. The summed E-state index contributed by atoms with van der Waals surface area (Å²) in [6.45, 7) is 0.0709. The van der Waals surface area contributed by atoms with Crippen molar-refractivity contribution in [3.63, 3.8) is 0 Å². The molecule has 38 heavy (non-hydrogen) atoms. The number of fused-ring (bicyclic) bond motifs is 2. The van der Waals surface area contributed by atoms with E-state index < -0.39 is 0 Å². The Kier molecular flexibility index (Phi) is 8.54. The van der Waals surface area contributed by atoms with Gasteiger partial charge >= 0.3 is 5.97 Å². The fraction of sp³-hybridized carbons (Fsp3) is 0.519. The number of aliphatic hydroxyl groups is 1. The number of esters is 1. The summed E-state index contributed by atoms with van der Waals surface area (Å²) in [5, 5.41) is 13.0. The van der Waals surface area contributed by atoms with Crippen molar-refractivity contribution in [3.8, 4) is 0 Å². The third-order valence-electron chi connectivity index (χ3n) is 7.49. The molecule has 1 N–H and O–H groups in total. The van der Waals surface area contributed by atoms with Crippen LogP contribution in [0.5, 0.6) is 0 Å². The van der Waals surface area contributed by atoms with E-state index in [1.54, 1.807) is 18.0 Å². The highest BCUT2D eigenvalue weighted by Gasteiger charge is 2.26. The van der Waals surface area contributed by atoms with Gasteiger partial charge in [-0.1, -0.05) is 49.2 Å². The molecule has 0 spiro atoms. The summed E-state index contributed by atoms with van der Waals surface area (Å²) in [6.07, 6.45) is 17.1. The number of thioether (sulfide) groups is 2. The Balaban J connectivity index is 0.000000156. The van der Waals surface area contributed by atoms with Gasteiger partial charge in [-0.25, -0.2) is 24.7 Å². The first kappa shape index (κ1) is 27.0. The van der Waals surface area contributed by atoms with Crippen LogP contribution in [0, 0.1) is 0 Å². The maximum absolute atomic E-state index is 12.0. The molecule has 2 saturated carbocycles. The number of nitrogens with zero attached hydrogens (tertiary/aromatic N) is 6. The lowest BCUT2D eigenvalue weighted by molar-refractivity contribution is 0.0586. The zero-order chi connectivity index (χ0) is 26.6. The maximum Gasteiger partial charge on any atom is 0.354 e. The summed E-state index contributed by atoms with van der Waals surface area (Å²) < 4.78 is 9.19. The van der Waals surface area contributed by atoms with Crippen LogP contribution in [0.3, 0.4) is 0 Å². The molecular weight excluding hydrogens is 520 g/mol. The summed E-state index contributed by atoms with van der Waals surface area (Å²) in [5.74, 6) is -0.305. The number of hydrogen-bond acceptors (Lipinski definition) is 9. The average Bonchev–Trinajstić information content (AvgIpc) is 3.76. The van der Waals surface area contributed by atoms with Crippen molar-refractivity contribution in [2.45, 2.75) is 80.4 Å². The Morgan fingerprint density at radius 1 is 0.895 bits per heavy atom. The lowest BCUT2D eigenvalue weighted by Crippen LogP contribution is -2.14. The van der Waals surface area contributed by atoms with Gasteiger partial charge in [-0.15, -0.1) is 0 Å². The maximum atomic E-state index is 12.0. The topological polar surface area (TPSA) is 108 Å². The number of rotatable bonds is 6. The number of methoxy groups -OCH3 is 1. The van der Waals surface area contributed by atoms with Crippen LogP contribution >= 0.6 is 23.5 Å². The number of carbonyl (C=O) groups excluding carboxylic acids is 1. The predicted molar refractivity (Wildman–Crippen MR) is 151 cm³/mol. The third kappa shape index (κ3) is 5.28. The van der Waals surface area contributed by atoms with Crippen molar-refractivity contribution >= 4 is 51.6 Å². The van der Waals surface area contributed by atoms with E-state index in [2.05, 4.69) is 29.1 Å². The number of aromatic nitrogens is 6. The fourth-order valence-electron chi connectivity index (χ4n) is 5.72. The van der Waals surface area contributed by atoms with Crippen molar-refractivity contribution in [1.82, 2.24) is 29.1 Å². The molecule has 0 bridgehead atoms. The summed E-state index contributed by atoms with van der Waals surface area (Å²) in [6, 6.07) is 4.68. The van der Waals surface area contributed by atoms with E-state index in [1.165, 1.54) is 57.4 Å². The minimum absolute atomic E-state index is 0.0709. The highest BCUT2D eigenvalue weighted by Crippen LogP contribution is 2.36. The fourth-order valence-corrected chi connectivity index (χ4v) is 6.39. The van der Waals surface area contributed by atoms with E-state index in [4.69, 9.17) is 4.74 Å². The molecule has 0 unspecified atom stereocenters. The smallest absolute Gasteiger partial charge is 0.354 e. The van der Waals surface area contributed by atoms with Gasteiger partial charge in [0.1, 0.15) is 17.0 Å². The van der Waals surface area contributed by atoms with Gasteiger partial charge in [0, 0.05) is 40.9 Å². The molecule has 0 atom stereocenters. The highest BCUT2D eigenvalue weighted by atomic mass is 32.2. The van der Waals surface area contributed by atoms with Crippen LogP contribution in [0.4, 0.5) is 0 Å². The van der Waals surface area contributed by atoms with Crippen molar-refractivity contribution in [2.24, 2.45) is 0 Å². The van der Waals surface area contributed by atoms with Crippen molar-refractivity contribution in [3.05, 3.63) is 35.9 Å². The lowest BCUT2D eigenvalue weighted by Gasteiger charge is -2.16. The van der Waals surface area contributed by atoms with Crippen molar-refractivity contribution in [2.75, 3.05) is 19.6 Å². The molecule has 0 saturated heterocycles. The summed E-state index contributed by atoms with van der Waals surface area (Å²) in [4.78, 5) is 29.8. The SMILES string of the molecule is COC(=O)c1cc2cnc(SC)nc2n1C1CCCC1.CSc1ncc2cc(CO)n(C3CCCC3)c2n1. The van der Waals surface area contributed by atoms with Crippen LogP contribution in [-0.4, -0.2) is 59.8 Å². The Bertz CT molecular complexity index is 1420. The van der Waals surface area contributed by atoms with Crippen LogP contribution in [0.2, 0.25) is 0 Å². The number of ether oxygens (including phenoxy) is 1. The Labute approximate surface area is 230 Å². The molecule has 0 radical (unpaired) electrons. The molecule has 2 aliphatic carbocycles. The van der Waals surface area contributed by atoms with Crippen molar-refractivity contribution in [1.29, 1.82) is 0 Å². The van der Waals surface area contributed by atoms with Gasteiger partial charge in [0.15, 0.2) is 10.3 Å². The Morgan fingerprint density at radius 2 is 1.39 bits per heavy atom. The van der Waals surface area contributed by atoms with Gasteiger partial charge in [-0.2, -0.15) is 0 Å². The standard InChI is InChI=1S/C14H17N3O2S.C13H17N3OS/c1-19-13(18)11-7-9-8-15-14(20-2)16-12(9)17(11)10-5-3-4-6-10;1-18-13-14-7-9-6-11(8-17)16(12(9)15-13)10-4-2-3-5-10/h7-8,10H,3-6H2,1-2H3;6-7,10,17H,2-5,8H2,1H3. The van der Waals surface area contributed by atoms with Gasteiger partial charge in [0.25, 0.3) is 0 Å². The lowest BCUT2D eigenvalue weighted by atomic mass is 10.2.